The van der Waals surface area contributed by atoms with Gasteiger partial charge in [0.2, 0.25) is 0 Å². The van der Waals surface area contributed by atoms with Crippen LogP contribution in [0.5, 0.6) is 0 Å². The number of aryl methyl sites for hydroxylation is 2. The van der Waals surface area contributed by atoms with Crippen LogP contribution in [0.1, 0.15) is 43.9 Å². The van der Waals surface area contributed by atoms with Crippen LogP contribution in [0.25, 0.3) is 0 Å². The minimum absolute atomic E-state index is 0.271. The fraction of sp³-hybridized carbons (Fsp3) is 0.174. The van der Waals surface area contributed by atoms with E-state index in [1.165, 1.54) is 6.26 Å². The molecule has 6 nitrogen and oxygen atoms in total. The molecule has 2 N–H and O–H groups in total. The Morgan fingerprint density at radius 2 is 1.93 bits per heavy atom. The molecule has 0 unspecified atom stereocenters. The summed E-state index contributed by atoms with van der Waals surface area (Å²) in [6.07, 6.45) is 5.03. The lowest BCUT2D eigenvalue weighted by Crippen LogP contribution is -2.18. The van der Waals surface area contributed by atoms with E-state index < -0.39 is 0 Å². The van der Waals surface area contributed by atoms with Gasteiger partial charge in [-0.2, -0.15) is 0 Å². The Kier molecular flexibility index (Phi) is 5.63. The minimum Gasteiger partial charge on any atom is -0.459 e. The molecule has 4 rings (SSSR count). The predicted octanol–water partition coefficient (Wildman–Crippen LogP) is 5.51. The van der Waals surface area contributed by atoms with Gasteiger partial charge in [0.1, 0.15) is 10.8 Å². The van der Waals surface area contributed by atoms with Crippen molar-refractivity contribution in [3.63, 3.8) is 0 Å². The summed E-state index contributed by atoms with van der Waals surface area (Å²) in [5.41, 5.74) is 4.03. The van der Waals surface area contributed by atoms with Crippen molar-refractivity contribution in [1.82, 2.24) is 9.97 Å². The van der Waals surface area contributed by atoms with Crippen molar-refractivity contribution < 1.29 is 9.21 Å². The van der Waals surface area contributed by atoms with Gasteiger partial charge in [-0.3, -0.25) is 9.78 Å². The largest absolute Gasteiger partial charge is 0.459 e. The minimum atomic E-state index is -0.282. The standard InChI is InChI=1S/C23H22N4O2S/c1-14-9-11-25-19(13-14)26-21(17-7-4-5-10-24-17)20-15(2)16(3)30-23(20)27-22(28)18-8-6-12-29-18/h4-13,21H,1-3H3,(H,25,26)(H,27,28)/t21-/m1/s1. The average Bonchev–Trinajstić information content (AvgIpc) is 3.37. The predicted molar refractivity (Wildman–Crippen MR) is 119 cm³/mol. The maximum absolute atomic E-state index is 12.7. The van der Waals surface area contributed by atoms with Gasteiger partial charge in [-0.25, -0.2) is 4.98 Å². The highest BCUT2D eigenvalue weighted by Crippen LogP contribution is 2.40. The maximum atomic E-state index is 12.7. The first-order valence-corrected chi connectivity index (χ1v) is 10.4. The molecular weight excluding hydrogens is 396 g/mol. The van der Waals surface area contributed by atoms with Gasteiger partial charge in [0.25, 0.3) is 5.91 Å². The van der Waals surface area contributed by atoms with Gasteiger partial charge in [0.15, 0.2) is 5.76 Å². The Morgan fingerprint density at radius 1 is 1.07 bits per heavy atom. The van der Waals surface area contributed by atoms with Gasteiger partial charge in [-0.05, 0) is 68.3 Å². The van der Waals surface area contributed by atoms with Crippen LogP contribution in [0.2, 0.25) is 0 Å². The van der Waals surface area contributed by atoms with E-state index in [4.69, 9.17) is 4.42 Å². The molecule has 0 bridgehead atoms. The molecule has 152 valence electrons. The first-order valence-electron chi connectivity index (χ1n) is 9.58. The average molecular weight is 419 g/mol. The molecule has 0 aliphatic rings. The second kappa shape index (κ2) is 8.51. The Labute approximate surface area is 179 Å². The van der Waals surface area contributed by atoms with Crippen LogP contribution in [0.15, 0.2) is 65.5 Å². The van der Waals surface area contributed by atoms with Crippen LogP contribution in [-0.2, 0) is 0 Å². The Hall–Kier alpha value is -3.45. The summed E-state index contributed by atoms with van der Waals surface area (Å²) < 4.78 is 5.25. The van der Waals surface area contributed by atoms with E-state index in [2.05, 4.69) is 27.5 Å². The number of amides is 1. The van der Waals surface area contributed by atoms with Crippen molar-refractivity contribution in [1.29, 1.82) is 0 Å². The summed E-state index contributed by atoms with van der Waals surface area (Å²) in [7, 11) is 0. The third kappa shape index (κ3) is 4.11. The molecule has 4 heterocycles. The molecular formula is C23H22N4O2S. The topological polar surface area (TPSA) is 80.0 Å². The van der Waals surface area contributed by atoms with E-state index >= 15 is 0 Å². The Morgan fingerprint density at radius 3 is 2.63 bits per heavy atom. The van der Waals surface area contributed by atoms with Crippen molar-refractivity contribution in [2.75, 3.05) is 10.6 Å². The van der Waals surface area contributed by atoms with Crippen molar-refractivity contribution in [3.05, 3.63) is 94.1 Å². The molecule has 1 amide bonds. The third-order valence-electron chi connectivity index (χ3n) is 4.88. The molecule has 0 saturated carbocycles. The number of nitrogens with zero attached hydrogens (tertiary/aromatic N) is 2. The molecule has 1 atom stereocenters. The first-order chi connectivity index (χ1) is 14.5. The van der Waals surface area contributed by atoms with Crippen molar-refractivity contribution in [2.45, 2.75) is 26.8 Å². The van der Waals surface area contributed by atoms with E-state index in [0.29, 0.717) is 0 Å². The van der Waals surface area contributed by atoms with E-state index in [0.717, 1.165) is 38.1 Å². The van der Waals surface area contributed by atoms with Crippen LogP contribution in [0.4, 0.5) is 10.8 Å². The lowest BCUT2D eigenvalue weighted by atomic mass is 10.00. The number of carbonyl (C=O) groups excluding carboxylic acids is 1. The summed E-state index contributed by atoms with van der Waals surface area (Å²) >= 11 is 1.54. The maximum Gasteiger partial charge on any atom is 0.291 e. The summed E-state index contributed by atoms with van der Waals surface area (Å²) in [5.74, 6) is 0.737. The number of nitrogens with one attached hydrogen (secondary N) is 2. The Balaban J connectivity index is 1.77. The second-order valence-electron chi connectivity index (χ2n) is 7.01. The molecule has 30 heavy (non-hydrogen) atoms. The normalized spacial score (nSPS) is 11.8. The third-order valence-corrected chi connectivity index (χ3v) is 6.02. The van der Waals surface area contributed by atoms with Gasteiger partial charge in [0, 0.05) is 22.8 Å². The van der Waals surface area contributed by atoms with E-state index in [9.17, 15) is 4.79 Å². The van der Waals surface area contributed by atoms with Crippen LogP contribution in [-0.4, -0.2) is 15.9 Å². The smallest absolute Gasteiger partial charge is 0.291 e. The number of pyridine rings is 2. The highest BCUT2D eigenvalue weighted by atomic mass is 32.1. The lowest BCUT2D eigenvalue weighted by molar-refractivity contribution is 0.0997. The molecule has 7 heteroatoms. The van der Waals surface area contributed by atoms with Crippen LogP contribution >= 0.6 is 11.3 Å². The summed E-state index contributed by atoms with van der Waals surface area (Å²) in [6.45, 7) is 6.13. The fourth-order valence-corrected chi connectivity index (χ4v) is 4.36. The zero-order valence-corrected chi connectivity index (χ0v) is 17.8. The lowest BCUT2D eigenvalue weighted by Gasteiger charge is -2.21. The molecule has 0 saturated heterocycles. The molecule has 4 aromatic rings. The number of aromatic nitrogens is 2. The number of rotatable bonds is 6. The highest BCUT2D eigenvalue weighted by Gasteiger charge is 2.26. The number of furan rings is 1. The number of hydrogen-bond donors (Lipinski definition) is 2. The Bertz CT molecular complexity index is 1150. The summed E-state index contributed by atoms with van der Waals surface area (Å²) in [6, 6.07) is 12.8. The SMILES string of the molecule is Cc1ccnc(N[C@H](c2ccccn2)c2c(NC(=O)c3ccco3)sc(C)c2C)c1. The van der Waals surface area contributed by atoms with E-state index in [1.807, 2.05) is 44.2 Å². The molecule has 0 fully saturated rings. The molecule has 0 aliphatic heterocycles. The van der Waals surface area contributed by atoms with E-state index in [-0.39, 0.29) is 17.7 Å². The fourth-order valence-electron chi connectivity index (χ4n) is 3.26. The van der Waals surface area contributed by atoms with Crippen LogP contribution in [0, 0.1) is 20.8 Å². The number of anilines is 2. The van der Waals surface area contributed by atoms with Crippen LogP contribution in [0.3, 0.4) is 0 Å². The zero-order valence-electron chi connectivity index (χ0n) is 17.0. The highest BCUT2D eigenvalue weighted by molar-refractivity contribution is 7.16. The monoisotopic (exact) mass is 418 g/mol. The van der Waals surface area contributed by atoms with Crippen molar-refractivity contribution in [2.24, 2.45) is 0 Å². The van der Waals surface area contributed by atoms with Crippen molar-refractivity contribution >= 4 is 28.1 Å². The van der Waals surface area contributed by atoms with Gasteiger partial charge < -0.3 is 15.1 Å². The second-order valence-corrected chi connectivity index (χ2v) is 8.23. The molecule has 0 radical (unpaired) electrons. The van der Waals surface area contributed by atoms with Gasteiger partial charge in [-0.15, -0.1) is 11.3 Å². The van der Waals surface area contributed by atoms with Crippen molar-refractivity contribution in [3.8, 4) is 0 Å². The van der Waals surface area contributed by atoms with Gasteiger partial charge in [0.05, 0.1) is 18.0 Å². The summed E-state index contributed by atoms with van der Waals surface area (Å²) in [5, 5.41) is 7.30. The van der Waals surface area contributed by atoms with E-state index in [1.54, 1.807) is 35.9 Å². The van der Waals surface area contributed by atoms with Gasteiger partial charge >= 0.3 is 0 Å². The number of thiophene rings is 1. The molecule has 4 aromatic heterocycles. The van der Waals surface area contributed by atoms with Crippen LogP contribution < -0.4 is 10.6 Å². The quantitative estimate of drug-likeness (QED) is 0.432. The van der Waals surface area contributed by atoms with Gasteiger partial charge in [-0.1, -0.05) is 6.07 Å². The first kappa shape index (κ1) is 19.8. The molecule has 0 aliphatic carbocycles. The molecule has 0 aromatic carbocycles. The number of hydrogen-bond acceptors (Lipinski definition) is 6. The zero-order chi connectivity index (χ0) is 21.1. The summed E-state index contributed by atoms with van der Waals surface area (Å²) in [4.78, 5) is 22.8. The molecule has 0 spiro atoms. The number of carbonyl (C=O) groups is 1.